The van der Waals surface area contributed by atoms with E-state index >= 15 is 0 Å². The van der Waals surface area contributed by atoms with Crippen LogP contribution in [-0.4, -0.2) is 62.8 Å². The van der Waals surface area contributed by atoms with Crippen LogP contribution in [0.15, 0.2) is 0 Å². The quantitative estimate of drug-likeness (QED) is 0.669. The Bertz CT molecular complexity index is 271. The number of likely N-dealkylation sites (tertiary alicyclic amines) is 1. The molecule has 0 spiro atoms. The van der Waals surface area contributed by atoms with Crippen LogP contribution in [0.4, 0.5) is 0 Å². The van der Waals surface area contributed by atoms with Crippen LogP contribution in [0.2, 0.25) is 0 Å². The van der Waals surface area contributed by atoms with Crippen LogP contribution in [0.25, 0.3) is 0 Å². The molecule has 0 aromatic carbocycles. The molecule has 0 aliphatic carbocycles. The Balaban J connectivity index is 1.78. The fraction of sp³-hybridized carbons (Fsp3) is 0.923. The van der Waals surface area contributed by atoms with E-state index in [9.17, 15) is 4.79 Å². The Morgan fingerprint density at radius 3 is 3.11 bits per heavy atom. The van der Waals surface area contributed by atoms with E-state index in [1.54, 1.807) is 7.11 Å². The van der Waals surface area contributed by atoms with Gasteiger partial charge in [0.15, 0.2) is 0 Å². The van der Waals surface area contributed by atoms with Gasteiger partial charge in [0, 0.05) is 32.8 Å². The number of carbonyl (C=O) groups excluding carboxylic acids is 1. The van der Waals surface area contributed by atoms with E-state index in [-0.39, 0.29) is 11.9 Å². The summed E-state index contributed by atoms with van der Waals surface area (Å²) in [6, 6.07) is 0.558. The molecule has 0 saturated carbocycles. The van der Waals surface area contributed by atoms with Crippen LogP contribution >= 0.6 is 0 Å². The fourth-order valence-electron chi connectivity index (χ4n) is 2.99. The molecule has 18 heavy (non-hydrogen) atoms. The van der Waals surface area contributed by atoms with E-state index in [1.807, 2.05) is 6.92 Å². The lowest BCUT2D eigenvalue weighted by Gasteiger charge is -2.25. The van der Waals surface area contributed by atoms with E-state index in [4.69, 9.17) is 4.74 Å². The molecule has 2 rings (SSSR count). The number of carbonyl (C=O) groups is 1. The molecule has 1 unspecified atom stereocenters. The molecule has 2 aliphatic rings. The number of nitrogens with zero attached hydrogens (tertiary/aromatic N) is 1. The second kappa shape index (κ2) is 6.50. The van der Waals surface area contributed by atoms with Crippen molar-refractivity contribution in [3.63, 3.8) is 0 Å². The molecule has 2 aliphatic heterocycles. The highest BCUT2D eigenvalue weighted by Gasteiger charge is 2.37. The molecule has 5 nitrogen and oxygen atoms in total. The van der Waals surface area contributed by atoms with Crippen molar-refractivity contribution < 1.29 is 9.53 Å². The van der Waals surface area contributed by atoms with Crippen LogP contribution in [-0.2, 0) is 9.53 Å². The van der Waals surface area contributed by atoms with Crippen molar-refractivity contribution in [3.05, 3.63) is 0 Å². The molecular weight excluding hydrogens is 230 g/mol. The first-order chi connectivity index (χ1) is 8.72. The van der Waals surface area contributed by atoms with Crippen molar-refractivity contribution in [2.75, 3.05) is 39.9 Å². The molecule has 1 amide bonds. The molecule has 0 radical (unpaired) electrons. The third-order valence-electron chi connectivity index (χ3n) is 4.16. The average Bonchev–Trinajstić information content (AvgIpc) is 2.81. The monoisotopic (exact) mass is 255 g/mol. The number of nitrogens with one attached hydrogen (secondary N) is 2. The fourth-order valence-corrected chi connectivity index (χ4v) is 2.99. The highest BCUT2D eigenvalue weighted by atomic mass is 16.5. The molecule has 0 aromatic heterocycles. The van der Waals surface area contributed by atoms with E-state index in [0.717, 1.165) is 25.6 Å². The largest absolute Gasteiger partial charge is 0.383 e. The molecule has 0 bridgehead atoms. The number of piperidine rings is 1. The van der Waals surface area contributed by atoms with Gasteiger partial charge in [0.2, 0.25) is 5.91 Å². The van der Waals surface area contributed by atoms with Gasteiger partial charge in [0.25, 0.3) is 0 Å². The molecule has 2 heterocycles. The molecule has 104 valence electrons. The smallest absolute Gasteiger partial charge is 0.237 e. The topological polar surface area (TPSA) is 53.6 Å². The van der Waals surface area contributed by atoms with Gasteiger partial charge in [-0.1, -0.05) is 0 Å². The first kappa shape index (κ1) is 13.8. The Kier molecular flexibility index (Phi) is 4.97. The van der Waals surface area contributed by atoms with Crippen LogP contribution in [0.3, 0.4) is 0 Å². The zero-order valence-corrected chi connectivity index (χ0v) is 11.4. The maximum atomic E-state index is 12.0. The standard InChI is InChI=1S/C13H25N3O2/c1-10(13(17)15-6-7-18-2)16-8-11-4-3-5-14-12(11)9-16/h10-12,14H,3-9H2,1-2H3,(H,15,17)/t10?,11-,12+/m0/s1. The molecule has 2 saturated heterocycles. The molecule has 5 heteroatoms. The van der Waals surface area contributed by atoms with Gasteiger partial charge < -0.3 is 15.4 Å². The van der Waals surface area contributed by atoms with Gasteiger partial charge in [-0.3, -0.25) is 9.69 Å². The third kappa shape index (κ3) is 3.22. The SMILES string of the molecule is COCCNC(=O)C(C)N1C[C@@H]2CCCN[C@@H]2C1. The minimum atomic E-state index is -0.0331. The Labute approximate surface area is 109 Å². The van der Waals surface area contributed by atoms with Crippen LogP contribution in [0.5, 0.6) is 0 Å². The minimum Gasteiger partial charge on any atom is -0.383 e. The second-order valence-electron chi connectivity index (χ2n) is 5.38. The van der Waals surface area contributed by atoms with Crippen molar-refractivity contribution in [2.24, 2.45) is 5.92 Å². The predicted molar refractivity (Wildman–Crippen MR) is 70.4 cm³/mol. The summed E-state index contributed by atoms with van der Waals surface area (Å²) >= 11 is 0. The number of rotatable bonds is 5. The highest BCUT2D eigenvalue weighted by Crippen LogP contribution is 2.26. The summed E-state index contributed by atoms with van der Waals surface area (Å²) in [5, 5.41) is 6.48. The summed E-state index contributed by atoms with van der Waals surface area (Å²) in [6.45, 7) is 6.35. The van der Waals surface area contributed by atoms with Crippen molar-refractivity contribution >= 4 is 5.91 Å². The first-order valence-corrected chi connectivity index (χ1v) is 6.96. The van der Waals surface area contributed by atoms with Gasteiger partial charge in [0.05, 0.1) is 12.6 Å². The van der Waals surface area contributed by atoms with Gasteiger partial charge in [-0.15, -0.1) is 0 Å². The molecule has 0 aromatic rings. The third-order valence-corrected chi connectivity index (χ3v) is 4.16. The van der Waals surface area contributed by atoms with Crippen molar-refractivity contribution in [1.29, 1.82) is 0 Å². The molecule has 3 atom stereocenters. The molecule has 2 N–H and O–H groups in total. The maximum Gasteiger partial charge on any atom is 0.237 e. The highest BCUT2D eigenvalue weighted by molar-refractivity contribution is 5.81. The van der Waals surface area contributed by atoms with Crippen molar-refractivity contribution in [1.82, 2.24) is 15.5 Å². The zero-order chi connectivity index (χ0) is 13.0. The van der Waals surface area contributed by atoms with E-state index in [0.29, 0.717) is 19.2 Å². The lowest BCUT2D eigenvalue weighted by Crippen LogP contribution is -2.46. The van der Waals surface area contributed by atoms with Crippen molar-refractivity contribution in [3.8, 4) is 0 Å². The van der Waals surface area contributed by atoms with Crippen LogP contribution < -0.4 is 10.6 Å². The number of hydrogen-bond acceptors (Lipinski definition) is 4. The van der Waals surface area contributed by atoms with Crippen molar-refractivity contribution in [2.45, 2.75) is 31.8 Å². The summed E-state index contributed by atoms with van der Waals surface area (Å²) in [6.07, 6.45) is 2.57. The van der Waals surface area contributed by atoms with E-state index < -0.39 is 0 Å². The summed E-state index contributed by atoms with van der Waals surface area (Å²) in [5.74, 6) is 0.846. The summed E-state index contributed by atoms with van der Waals surface area (Å²) in [7, 11) is 1.65. The second-order valence-corrected chi connectivity index (χ2v) is 5.38. The Hall–Kier alpha value is -0.650. The normalized spacial score (nSPS) is 29.9. The lowest BCUT2D eigenvalue weighted by atomic mass is 9.94. The maximum absolute atomic E-state index is 12.0. The first-order valence-electron chi connectivity index (χ1n) is 6.96. The lowest BCUT2D eigenvalue weighted by molar-refractivity contribution is -0.125. The van der Waals surface area contributed by atoms with Gasteiger partial charge in [-0.2, -0.15) is 0 Å². The minimum absolute atomic E-state index is 0.0331. The van der Waals surface area contributed by atoms with Crippen LogP contribution in [0.1, 0.15) is 19.8 Å². The number of amides is 1. The van der Waals surface area contributed by atoms with Gasteiger partial charge >= 0.3 is 0 Å². The van der Waals surface area contributed by atoms with Gasteiger partial charge in [-0.25, -0.2) is 0 Å². The predicted octanol–water partition coefficient (Wildman–Crippen LogP) is -0.179. The number of fused-ring (bicyclic) bond motifs is 1. The summed E-state index contributed by atoms with van der Waals surface area (Å²) in [4.78, 5) is 14.3. The number of methoxy groups -OCH3 is 1. The van der Waals surface area contributed by atoms with Gasteiger partial charge in [-0.05, 0) is 32.2 Å². The van der Waals surface area contributed by atoms with E-state index in [1.165, 1.54) is 12.8 Å². The molecular formula is C13H25N3O2. The van der Waals surface area contributed by atoms with Crippen LogP contribution in [0, 0.1) is 5.92 Å². The van der Waals surface area contributed by atoms with E-state index in [2.05, 4.69) is 15.5 Å². The van der Waals surface area contributed by atoms with Gasteiger partial charge in [0.1, 0.15) is 0 Å². The molecule has 2 fully saturated rings. The summed E-state index contributed by atoms with van der Waals surface area (Å²) in [5.41, 5.74) is 0. The number of ether oxygens (including phenoxy) is 1. The number of hydrogen-bond donors (Lipinski definition) is 2. The Morgan fingerprint density at radius 2 is 2.39 bits per heavy atom. The Morgan fingerprint density at radius 1 is 1.56 bits per heavy atom. The average molecular weight is 255 g/mol. The summed E-state index contributed by atoms with van der Waals surface area (Å²) < 4.78 is 4.94. The zero-order valence-electron chi connectivity index (χ0n) is 11.4.